The number of hydrogen-bond acceptors (Lipinski definition) is 4. The lowest BCUT2D eigenvalue weighted by molar-refractivity contribution is -0.140. The zero-order chi connectivity index (χ0) is 18.7. The molecule has 0 aliphatic carbocycles. The lowest BCUT2D eigenvalue weighted by atomic mass is 10.1. The van der Waals surface area contributed by atoms with E-state index >= 15 is 0 Å². The molecule has 0 aromatic heterocycles. The molecule has 1 fully saturated rings. The van der Waals surface area contributed by atoms with E-state index in [4.69, 9.17) is 9.47 Å². The third kappa shape index (κ3) is 3.69. The minimum Gasteiger partial charge on any atom is -0.490 e. The SMILES string of the molecule is CCOc1cccc2c1OCC(C(=O)N1CCN(C(=O)C(C)C)CC1)=C2. The molecule has 0 saturated carbocycles. The van der Waals surface area contributed by atoms with E-state index in [1.165, 1.54) is 0 Å². The summed E-state index contributed by atoms with van der Waals surface area (Å²) in [6.07, 6.45) is 1.88. The highest BCUT2D eigenvalue weighted by Gasteiger charge is 2.28. The molecular weight excluding hydrogens is 332 g/mol. The summed E-state index contributed by atoms with van der Waals surface area (Å²) in [6.45, 7) is 8.81. The molecule has 0 unspecified atom stereocenters. The molecule has 3 rings (SSSR count). The van der Waals surface area contributed by atoms with Gasteiger partial charge in [-0.05, 0) is 19.1 Å². The van der Waals surface area contributed by atoms with Crippen molar-refractivity contribution in [2.75, 3.05) is 39.4 Å². The number of carbonyl (C=O) groups excluding carboxylic acids is 2. The maximum absolute atomic E-state index is 12.8. The second-order valence-corrected chi connectivity index (χ2v) is 6.84. The molecule has 0 N–H and O–H groups in total. The van der Waals surface area contributed by atoms with Gasteiger partial charge in [-0.25, -0.2) is 0 Å². The van der Waals surface area contributed by atoms with Crippen LogP contribution < -0.4 is 9.47 Å². The van der Waals surface area contributed by atoms with Gasteiger partial charge in [0, 0.05) is 37.7 Å². The zero-order valence-electron chi connectivity index (χ0n) is 15.7. The van der Waals surface area contributed by atoms with Crippen molar-refractivity contribution < 1.29 is 19.1 Å². The smallest absolute Gasteiger partial charge is 0.253 e. The largest absolute Gasteiger partial charge is 0.490 e. The Morgan fingerprint density at radius 2 is 1.85 bits per heavy atom. The van der Waals surface area contributed by atoms with Gasteiger partial charge in [0.15, 0.2) is 11.5 Å². The molecule has 0 spiro atoms. The zero-order valence-corrected chi connectivity index (χ0v) is 15.7. The van der Waals surface area contributed by atoms with Crippen molar-refractivity contribution in [3.63, 3.8) is 0 Å². The first-order chi connectivity index (χ1) is 12.5. The first kappa shape index (κ1) is 18.3. The van der Waals surface area contributed by atoms with E-state index in [1.54, 1.807) is 4.90 Å². The standard InChI is InChI=1S/C20H26N2O4/c1-4-25-17-7-5-6-15-12-16(13-26-18(15)17)20(24)22-10-8-21(9-11-22)19(23)14(2)3/h5-7,12,14H,4,8-11,13H2,1-3H3. The summed E-state index contributed by atoms with van der Waals surface area (Å²) in [6, 6.07) is 5.69. The van der Waals surface area contributed by atoms with E-state index in [9.17, 15) is 9.59 Å². The van der Waals surface area contributed by atoms with E-state index in [0.717, 1.165) is 5.56 Å². The summed E-state index contributed by atoms with van der Waals surface area (Å²) in [4.78, 5) is 28.5. The second kappa shape index (κ2) is 7.81. The molecule has 2 aliphatic heterocycles. The quantitative estimate of drug-likeness (QED) is 0.828. The molecule has 6 heteroatoms. The highest BCUT2D eigenvalue weighted by atomic mass is 16.5. The Hall–Kier alpha value is -2.50. The van der Waals surface area contributed by atoms with E-state index in [0.29, 0.717) is 49.9 Å². The van der Waals surface area contributed by atoms with Crippen LogP contribution in [0.3, 0.4) is 0 Å². The topological polar surface area (TPSA) is 59.1 Å². The molecule has 2 aliphatic rings. The van der Waals surface area contributed by atoms with Crippen molar-refractivity contribution in [1.29, 1.82) is 0 Å². The van der Waals surface area contributed by atoms with E-state index < -0.39 is 0 Å². The van der Waals surface area contributed by atoms with Gasteiger partial charge in [-0.15, -0.1) is 0 Å². The van der Waals surface area contributed by atoms with Gasteiger partial charge in [0.1, 0.15) is 6.61 Å². The van der Waals surface area contributed by atoms with Crippen LogP contribution in [0, 0.1) is 5.92 Å². The molecule has 2 amide bonds. The van der Waals surface area contributed by atoms with Crippen LogP contribution in [-0.2, 0) is 9.59 Å². The van der Waals surface area contributed by atoms with Gasteiger partial charge in [0.25, 0.3) is 5.91 Å². The number of fused-ring (bicyclic) bond motifs is 1. The van der Waals surface area contributed by atoms with Gasteiger partial charge >= 0.3 is 0 Å². The monoisotopic (exact) mass is 358 g/mol. The number of rotatable bonds is 4. The van der Waals surface area contributed by atoms with Crippen molar-refractivity contribution in [2.24, 2.45) is 5.92 Å². The van der Waals surface area contributed by atoms with Crippen molar-refractivity contribution in [1.82, 2.24) is 9.80 Å². The number of amides is 2. The fourth-order valence-electron chi connectivity index (χ4n) is 3.27. The lowest BCUT2D eigenvalue weighted by Gasteiger charge is -2.36. The van der Waals surface area contributed by atoms with E-state index in [-0.39, 0.29) is 24.3 Å². The molecular formula is C20H26N2O4. The Labute approximate surface area is 154 Å². The molecule has 0 bridgehead atoms. The van der Waals surface area contributed by atoms with Crippen molar-refractivity contribution in [3.05, 3.63) is 29.3 Å². The molecule has 0 radical (unpaired) electrons. The Morgan fingerprint density at radius 3 is 2.50 bits per heavy atom. The van der Waals surface area contributed by atoms with Crippen LogP contribution in [-0.4, -0.2) is 61.0 Å². The highest BCUT2D eigenvalue weighted by Crippen LogP contribution is 2.36. The van der Waals surface area contributed by atoms with Crippen LogP contribution in [0.1, 0.15) is 26.3 Å². The number of carbonyl (C=O) groups is 2. The molecule has 140 valence electrons. The van der Waals surface area contributed by atoms with E-state index in [2.05, 4.69) is 0 Å². The fraction of sp³-hybridized carbons (Fsp3) is 0.500. The maximum Gasteiger partial charge on any atom is 0.253 e. The minimum atomic E-state index is -0.0193. The number of ether oxygens (including phenoxy) is 2. The van der Waals surface area contributed by atoms with Gasteiger partial charge in [-0.2, -0.15) is 0 Å². The average Bonchev–Trinajstić information content (AvgIpc) is 2.67. The summed E-state index contributed by atoms with van der Waals surface area (Å²) in [5.74, 6) is 1.51. The average molecular weight is 358 g/mol. The summed E-state index contributed by atoms with van der Waals surface area (Å²) in [5, 5.41) is 0. The Bertz CT molecular complexity index is 719. The number of hydrogen-bond donors (Lipinski definition) is 0. The van der Waals surface area contributed by atoms with Gasteiger partial charge in [-0.1, -0.05) is 26.0 Å². The van der Waals surface area contributed by atoms with Crippen molar-refractivity contribution in [3.8, 4) is 11.5 Å². The molecule has 2 heterocycles. The number of benzene rings is 1. The van der Waals surface area contributed by atoms with Crippen LogP contribution in [0.25, 0.3) is 6.08 Å². The summed E-state index contributed by atoms with van der Waals surface area (Å²) in [5.41, 5.74) is 1.49. The molecule has 1 aromatic carbocycles. The number of nitrogens with zero attached hydrogens (tertiary/aromatic N) is 2. The first-order valence-electron chi connectivity index (χ1n) is 9.18. The minimum absolute atomic E-state index is 0.0114. The predicted molar refractivity (Wildman–Crippen MR) is 99.1 cm³/mol. The van der Waals surface area contributed by atoms with Crippen LogP contribution in [0.4, 0.5) is 0 Å². The molecule has 0 atom stereocenters. The van der Waals surface area contributed by atoms with Gasteiger partial charge in [-0.3, -0.25) is 9.59 Å². The Morgan fingerprint density at radius 1 is 1.15 bits per heavy atom. The summed E-state index contributed by atoms with van der Waals surface area (Å²) >= 11 is 0. The van der Waals surface area contributed by atoms with Crippen molar-refractivity contribution >= 4 is 17.9 Å². The van der Waals surface area contributed by atoms with Gasteiger partial charge < -0.3 is 19.3 Å². The van der Waals surface area contributed by atoms with Crippen LogP contribution in [0.15, 0.2) is 23.8 Å². The first-order valence-corrected chi connectivity index (χ1v) is 9.18. The molecule has 1 aromatic rings. The Kier molecular flexibility index (Phi) is 5.49. The third-order valence-electron chi connectivity index (χ3n) is 4.66. The summed E-state index contributed by atoms with van der Waals surface area (Å²) < 4.78 is 11.4. The number of para-hydroxylation sites is 1. The lowest BCUT2D eigenvalue weighted by Crippen LogP contribution is -2.52. The molecule has 6 nitrogen and oxygen atoms in total. The van der Waals surface area contributed by atoms with Gasteiger partial charge in [0.2, 0.25) is 5.91 Å². The maximum atomic E-state index is 12.8. The van der Waals surface area contributed by atoms with Crippen LogP contribution >= 0.6 is 0 Å². The van der Waals surface area contributed by atoms with Gasteiger partial charge in [0.05, 0.1) is 12.2 Å². The van der Waals surface area contributed by atoms with Crippen LogP contribution in [0.5, 0.6) is 11.5 Å². The van der Waals surface area contributed by atoms with Crippen molar-refractivity contribution in [2.45, 2.75) is 20.8 Å². The third-order valence-corrected chi connectivity index (χ3v) is 4.66. The Balaban J connectivity index is 1.68. The predicted octanol–water partition coefficient (Wildman–Crippen LogP) is 2.19. The van der Waals surface area contributed by atoms with E-state index in [1.807, 2.05) is 49.9 Å². The van der Waals surface area contributed by atoms with Crippen LogP contribution in [0.2, 0.25) is 0 Å². The second-order valence-electron chi connectivity index (χ2n) is 6.84. The molecule has 1 saturated heterocycles. The fourth-order valence-corrected chi connectivity index (χ4v) is 3.27. The normalized spacial score (nSPS) is 16.7. The highest BCUT2D eigenvalue weighted by molar-refractivity contribution is 5.99. The number of piperazine rings is 1. The molecule has 26 heavy (non-hydrogen) atoms. The summed E-state index contributed by atoms with van der Waals surface area (Å²) in [7, 11) is 0.